The van der Waals surface area contributed by atoms with Gasteiger partial charge in [0.15, 0.2) is 6.10 Å². The van der Waals surface area contributed by atoms with E-state index in [0.29, 0.717) is 18.1 Å². The van der Waals surface area contributed by atoms with Gasteiger partial charge in [-0.05, 0) is 36.2 Å². The Balaban J connectivity index is 1.60. The third-order valence-corrected chi connectivity index (χ3v) is 4.13. The summed E-state index contributed by atoms with van der Waals surface area (Å²) in [6, 6.07) is 11.7. The first-order valence-corrected chi connectivity index (χ1v) is 8.61. The third-order valence-electron chi connectivity index (χ3n) is 4.13. The molecule has 6 nitrogen and oxygen atoms in total. The molecule has 1 aliphatic heterocycles. The number of benzene rings is 1. The minimum absolute atomic E-state index is 0.202. The van der Waals surface area contributed by atoms with Crippen LogP contribution in [0.4, 0.5) is 11.6 Å². The summed E-state index contributed by atoms with van der Waals surface area (Å²) in [5, 5.41) is 4.22. The van der Waals surface area contributed by atoms with Crippen molar-refractivity contribution in [3.63, 3.8) is 0 Å². The Labute approximate surface area is 147 Å². The van der Waals surface area contributed by atoms with Gasteiger partial charge in [-0.2, -0.15) is 0 Å². The number of nitrogens with two attached hydrogens (primary N) is 2. The van der Waals surface area contributed by atoms with E-state index in [9.17, 15) is 0 Å². The second-order valence-corrected chi connectivity index (χ2v) is 6.19. The van der Waals surface area contributed by atoms with Crippen molar-refractivity contribution in [1.82, 2.24) is 4.98 Å². The number of anilines is 2. The number of pyridine rings is 1. The van der Waals surface area contributed by atoms with E-state index in [2.05, 4.69) is 29.2 Å². The number of oxime groups is 1. The van der Waals surface area contributed by atoms with Crippen LogP contribution >= 0.6 is 0 Å². The van der Waals surface area contributed by atoms with Crippen molar-refractivity contribution in [2.75, 3.05) is 18.1 Å². The predicted octanol–water partition coefficient (Wildman–Crippen LogP) is 3.49. The molecule has 0 saturated carbocycles. The minimum Gasteiger partial charge on any atom is -0.494 e. The molecule has 4 N–H and O–H groups in total. The van der Waals surface area contributed by atoms with E-state index in [1.165, 1.54) is 0 Å². The van der Waals surface area contributed by atoms with Crippen LogP contribution in [0.1, 0.15) is 43.4 Å². The molecule has 0 saturated heterocycles. The summed E-state index contributed by atoms with van der Waals surface area (Å²) >= 11 is 0. The fraction of sp³-hybridized carbons (Fsp3) is 0.368. The molecular formula is C19H24N4O2. The van der Waals surface area contributed by atoms with Gasteiger partial charge in [0, 0.05) is 18.4 Å². The average molecular weight is 340 g/mol. The molecule has 0 fully saturated rings. The number of aromatic nitrogens is 1. The number of rotatable bonds is 7. The Morgan fingerprint density at radius 3 is 2.92 bits per heavy atom. The summed E-state index contributed by atoms with van der Waals surface area (Å²) in [6.45, 7) is 2.90. The van der Waals surface area contributed by atoms with Gasteiger partial charge < -0.3 is 21.0 Å². The second-order valence-electron chi connectivity index (χ2n) is 6.19. The molecule has 1 unspecified atom stereocenters. The standard InChI is InChI=1S/C19H24N4O2/c1-2-3-9-24-15-6-4-5-13(11-15)10-14-12-17(25-23-14)16-7-8-18(20)22-19(16)21/h4-8,11,17H,2-3,9-10,12H2,1H3,(H4,20,21,22). The van der Waals surface area contributed by atoms with E-state index in [0.717, 1.165) is 48.5 Å². The lowest BCUT2D eigenvalue weighted by Gasteiger charge is -2.11. The highest BCUT2D eigenvalue weighted by atomic mass is 16.6. The lowest BCUT2D eigenvalue weighted by molar-refractivity contribution is 0.0860. The highest BCUT2D eigenvalue weighted by molar-refractivity contribution is 5.87. The van der Waals surface area contributed by atoms with Crippen molar-refractivity contribution in [2.45, 2.75) is 38.7 Å². The maximum Gasteiger partial charge on any atom is 0.161 e. The molecule has 0 amide bonds. The first-order chi connectivity index (χ1) is 12.2. The zero-order valence-electron chi connectivity index (χ0n) is 14.4. The van der Waals surface area contributed by atoms with Crippen LogP contribution in [0.15, 0.2) is 41.6 Å². The molecule has 1 aromatic heterocycles. The largest absolute Gasteiger partial charge is 0.494 e. The molecule has 1 atom stereocenters. The first kappa shape index (κ1) is 17.1. The van der Waals surface area contributed by atoms with Crippen molar-refractivity contribution in [3.8, 4) is 5.75 Å². The van der Waals surface area contributed by atoms with Gasteiger partial charge >= 0.3 is 0 Å². The van der Waals surface area contributed by atoms with Crippen molar-refractivity contribution in [2.24, 2.45) is 5.16 Å². The van der Waals surface area contributed by atoms with Crippen LogP contribution in [-0.2, 0) is 11.3 Å². The van der Waals surface area contributed by atoms with E-state index in [4.69, 9.17) is 21.0 Å². The monoisotopic (exact) mass is 340 g/mol. The van der Waals surface area contributed by atoms with Crippen LogP contribution in [0, 0.1) is 0 Å². The number of ether oxygens (including phenoxy) is 1. The molecule has 1 aliphatic rings. The van der Waals surface area contributed by atoms with Crippen LogP contribution in [0.3, 0.4) is 0 Å². The molecule has 0 aliphatic carbocycles. The third kappa shape index (κ3) is 4.41. The van der Waals surface area contributed by atoms with E-state index in [1.807, 2.05) is 18.2 Å². The van der Waals surface area contributed by atoms with E-state index in [-0.39, 0.29) is 6.10 Å². The SMILES string of the molecule is CCCCOc1cccc(CC2=NOC(c3ccc(N)nc3N)C2)c1. The Kier molecular flexibility index (Phi) is 5.38. The number of nitrogen functional groups attached to an aromatic ring is 2. The average Bonchev–Trinajstić information content (AvgIpc) is 3.03. The maximum atomic E-state index is 5.94. The summed E-state index contributed by atoms with van der Waals surface area (Å²) in [5.74, 6) is 1.70. The Morgan fingerprint density at radius 1 is 1.24 bits per heavy atom. The molecule has 1 aromatic carbocycles. The van der Waals surface area contributed by atoms with Gasteiger partial charge in [-0.1, -0.05) is 30.6 Å². The predicted molar refractivity (Wildman–Crippen MR) is 99.5 cm³/mol. The molecule has 3 rings (SSSR count). The quantitative estimate of drug-likeness (QED) is 0.752. The highest BCUT2D eigenvalue weighted by Crippen LogP contribution is 2.31. The van der Waals surface area contributed by atoms with Crippen molar-refractivity contribution >= 4 is 17.3 Å². The topological polar surface area (TPSA) is 95.8 Å². The molecule has 132 valence electrons. The van der Waals surface area contributed by atoms with Crippen LogP contribution in [-0.4, -0.2) is 17.3 Å². The molecule has 0 radical (unpaired) electrons. The molecule has 6 heteroatoms. The number of nitrogens with zero attached hydrogens (tertiary/aromatic N) is 2. The van der Waals surface area contributed by atoms with Crippen molar-refractivity contribution < 1.29 is 9.57 Å². The lowest BCUT2D eigenvalue weighted by atomic mass is 10.0. The summed E-state index contributed by atoms with van der Waals surface area (Å²) in [5.41, 5.74) is 14.5. The van der Waals surface area contributed by atoms with Gasteiger partial charge in [0.1, 0.15) is 17.4 Å². The van der Waals surface area contributed by atoms with E-state index in [1.54, 1.807) is 6.07 Å². The zero-order chi connectivity index (χ0) is 17.6. The van der Waals surface area contributed by atoms with Gasteiger partial charge in [-0.3, -0.25) is 0 Å². The zero-order valence-corrected chi connectivity index (χ0v) is 14.4. The van der Waals surface area contributed by atoms with Crippen LogP contribution in [0.25, 0.3) is 0 Å². The Bertz CT molecular complexity index is 761. The molecule has 0 spiro atoms. The van der Waals surface area contributed by atoms with Gasteiger partial charge in [0.2, 0.25) is 0 Å². The second kappa shape index (κ2) is 7.88. The van der Waals surface area contributed by atoms with Crippen LogP contribution in [0.2, 0.25) is 0 Å². The minimum atomic E-state index is -0.202. The van der Waals surface area contributed by atoms with Crippen molar-refractivity contribution in [3.05, 3.63) is 47.5 Å². The van der Waals surface area contributed by atoms with Gasteiger partial charge in [-0.25, -0.2) is 4.98 Å². The molecule has 0 bridgehead atoms. The summed E-state index contributed by atoms with van der Waals surface area (Å²) in [4.78, 5) is 9.63. The first-order valence-electron chi connectivity index (χ1n) is 8.61. The van der Waals surface area contributed by atoms with Crippen LogP contribution < -0.4 is 16.2 Å². The molecular weight excluding hydrogens is 316 g/mol. The fourth-order valence-electron chi connectivity index (χ4n) is 2.79. The van der Waals surface area contributed by atoms with Gasteiger partial charge in [-0.15, -0.1) is 0 Å². The van der Waals surface area contributed by atoms with Gasteiger partial charge in [0.25, 0.3) is 0 Å². The Morgan fingerprint density at radius 2 is 2.12 bits per heavy atom. The highest BCUT2D eigenvalue weighted by Gasteiger charge is 2.25. The van der Waals surface area contributed by atoms with E-state index >= 15 is 0 Å². The fourth-order valence-corrected chi connectivity index (χ4v) is 2.79. The summed E-state index contributed by atoms with van der Waals surface area (Å²) in [6.07, 6.45) is 3.40. The number of hydrogen-bond donors (Lipinski definition) is 2. The molecule has 25 heavy (non-hydrogen) atoms. The summed E-state index contributed by atoms with van der Waals surface area (Å²) in [7, 11) is 0. The summed E-state index contributed by atoms with van der Waals surface area (Å²) < 4.78 is 5.76. The van der Waals surface area contributed by atoms with Crippen LogP contribution in [0.5, 0.6) is 5.75 Å². The number of unbranched alkanes of at least 4 members (excludes halogenated alkanes) is 1. The lowest BCUT2D eigenvalue weighted by Crippen LogP contribution is -2.07. The van der Waals surface area contributed by atoms with E-state index < -0.39 is 0 Å². The normalized spacial score (nSPS) is 16.4. The molecule has 2 aromatic rings. The molecule has 2 heterocycles. The van der Waals surface area contributed by atoms with Crippen molar-refractivity contribution in [1.29, 1.82) is 0 Å². The van der Waals surface area contributed by atoms with Gasteiger partial charge in [0.05, 0.1) is 12.3 Å². The number of hydrogen-bond acceptors (Lipinski definition) is 6. The smallest absolute Gasteiger partial charge is 0.161 e. The maximum absolute atomic E-state index is 5.94. The Hall–Kier alpha value is -2.76.